The van der Waals surface area contributed by atoms with E-state index < -0.39 is 0 Å². The minimum Gasteiger partial charge on any atom is -0.504 e. The summed E-state index contributed by atoms with van der Waals surface area (Å²) in [5.41, 5.74) is 1.58. The minimum atomic E-state index is 0.100. The molecule has 6 heteroatoms. The lowest BCUT2D eigenvalue weighted by atomic mass is 10.2. The summed E-state index contributed by atoms with van der Waals surface area (Å²) in [4.78, 5) is 4.37. The number of phenols is 1. The van der Waals surface area contributed by atoms with Crippen LogP contribution in [0.1, 0.15) is 5.56 Å². The third kappa shape index (κ3) is 2.85. The van der Waals surface area contributed by atoms with Gasteiger partial charge in [-0.1, -0.05) is 35.6 Å². The van der Waals surface area contributed by atoms with Crippen molar-refractivity contribution in [3.05, 3.63) is 48.0 Å². The molecular formula is C15H13N3O2S. The van der Waals surface area contributed by atoms with Crippen LogP contribution in [0.15, 0.2) is 52.7 Å². The lowest BCUT2D eigenvalue weighted by Gasteiger charge is -2.05. The molecule has 5 nitrogen and oxygen atoms in total. The number of rotatable bonds is 4. The number of methoxy groups -OCH3 is 1. The smallest absolute Gasteiger partial charge is 0.230 e. The molecule has 1 aromatic heterocycles. The monoisotopic (exact) mass is 299 g/mol. The molecule has 0 saturated carbocycles. The zero-order chi connectivity index (χ0) is 14.7. The normalized spacial score (nSPS) is 11.3. The van der Waals surface area contributed by atoms with Gasteiger partial charge < -0.3 is 9.84 Å². The lowest BCUT2D eigenvalue weighted by Crippen LogP contribution is -1.87. The average molecular weight is 299 g/mol. The summed E-state index contributed by atoms with van der Waals surface area (Å²) in [6.07, 6.45) is 0. The number of para-hydroxylation sites is 2. The first kappa shape index (κ1) is 13.5. The Kier molecular flexibility index (Phi) is 3.79. The molecular weight excluding hydrogens is 286 g/mol. The van der Waals surface area contributed by atoms with Crippen molar-refractivity contribution in [1.82, 2.24) is 4.98 Å². The van der Waals surface area contributed by atoms with Gasteiger partial charge in [0, 0.05) is 5.56 Å². The van der Waals surface area contributed by atoms with E-state index in [1.807, 2.05) is 24.3 Å². The molecule has 0 aliphatic carbocycles. The van der Waals surface area contributed by atoms with Crippen molar-refractivity contribution in [3.63, 3.8) is 0 Å². The van der Waals surface area contributed by atoms with Crippen LogP contribution >= 0.6 is 11.3 Å². The molecule has 2 aromatic carbocycles. The number of hydrogen-bond acceptors (Lipinski definition) is 6. The first-order chi connectivity index (χ1) is 10.3. The first-order valence-corrected chi connectivity index (χ1v) is 7.17. The molecule has 3 rings (SSSR count). The summed E-state index contributed by atoms with van der Waals surface area (Å²) in [5.74, 6) is 0.533. The van der Waals surface area contributed by atoms with Gasteiger partial charge in [-0.25, -0.2) is 4.98 Å². The molecule has 0 spiro atoms. The fraction of sp³-hybridized carbons (Fsp3) is 0.133. The number of thiazole rings is 1. The van der Waals surface area contributed by atoms with E-state index in [2.05, 4.69) is 15.2 Å². The number of phenolic OH excluding ortho intramolecular Hbond substituents is 1. The number of fused-ring (bicyclic) bond motifs is 1. The predicted molar refractivity (Wildman–Crippen MR) is 82.5 cm³/mol. The number of ether oxygens (including phenoxy) is 1. The Bertz CT molecular complexity index is 765. The van der Waals surface area contributed by atoms with Crippen LogP contribution < -0.4 is 4.74 Å². The maximum atomic E-state index is 9.96. The van der Waals surface area contributed by atoms with E-state index in [1.165, 1.54) is 18.4 Å². The molecule has 0 fully saturated rings. The van der Waals surface area contributed by atoms with Crippen LogP contribution in [0.2, 0.25) is 0 Å². The van der Waals surface area contributed by atoms with Crippen molar-refractivity contribution in [2.24, 2.45) is 10.2 Å². The highest BCUT2D eigenvalue weighted by atomic mass is 32.1. The van der Waals surface area contributed by atoms with Crippen molar-refractivity contribution in [2.75, 3.05) is 7.11 Å². The zero-order valence-electron chi connectivity index (χ0n) is 11.4. The lowest BCUT2D eigenvalue weighted by molar-refractivity contribution is 0.370. The molecule has 0 aliphatic rings. The van der Waals surface area contributed by atoms with E-state index in [4.69, 9.17) is 4.74 Å². The number of aromatic hydroxyl groups is 1. The second-order valence-electron chi connectivity index (χ2n) is 4.33. The highest BCUT2D eigenvalue weighted by Crippen LogP contribution is 2.31. The second-order valence-corrected chi connectivity index (χ2v) is 5.34. The molecule has 106 valence electrons. The van der Waals surface area contributed by atoms with Crippen LogP contribution in [-0.2, 0) is 6.54 Å². The van der Waals surface area contributed by atoms with E-state index >= 15 is 0 Å². The molecule has 0 saturated heterocycles. The Morgan fingerprint density at radius 3 is 2.86 bits per heavy atom. The summed E-state index contributed by atoms with van der Waals surface area (Å²) in [6, 6.07) is 13.1. The summed E-state index contributed by atoms with van der Waals surface area (Å²) in [5, 5.41) is 18.8. The fourth-order valence-electron chi connectivity index (χ4n) is 1.93. The van der Waals surface area contributed by atoms with Gasteiger partial charge in [-0.05, 0) is 18.2 Å². The third-order valence-electron chi connectivity index (χ3n) is 2.98. The van der Waals surface area contributed by atoms with Gasteiger partial charge in [0.05, 0.1) is 23.9 Å². The maximum absolute atomic E-state index is 9.96. The highest BCUT2D eigenvalue weighted by molar-refractivity contribution is 7.21. The van der Waals surface area contributed by atoms with E-state index in [0.717, 1.165) is 10.2 Å². The van der Waals surface area contributed by atoms with Gasteiger partial charge in [-0.3, -0.25) is 0 Å². The van der Waals surface area contributed by atoms with E-state index in [-0.39, 0.29) is 12.3 Å². The molecule has 21 heavy (non-hydrogen) atoms. The van der Waals surface area contributed by atoms with Crippen LogP contribution in [0.3, 0.4) is 0 Å². The zero-order valence-corrected chi connectivity index (χ0v) is 12.2. The Balaban J connectivity index is 1.78. The summed E-state index contributed by atoms with van der Waals surface area (Å²) >= 11 is 1.49. The fourth-order valence-corrected chi connectivity index (χ4v) is 2.74. The van der Waals surface area contributed by atoms with Gasteiger partial charge >= 0.3 is 0 Å². The quantitative estimate of drug-likeness (QED) is 0.730. The number of nitrogens with zero attached hydrogens (tertiary/aromatic N) is 3. The van der Waals surface area contributed by atoms with Crippen molar-refractivity contribution in [3.8, 4) is 11.5 Å². The van der Waals surface area contributed by atoms with Crippen molar-refractivity contribution in [1.29, 1.82) is 0 Å². The predicted octanol–water partition coefficient (Wildman–Crippen LogP) is 4.29. The Morgan fingerprint density at radius 2 is 2.05 bits per heavy atom. The van der Waals surface area contributed by atoms with Crippen LogP contribution in [0, 0.1) is 0 Å². The standard InChI is InChI=1S/C15H13N3O2S/c1-20-12-7-4-5-10(14(12)19)9-16-18-15-17-11-6-2-3-8-13(11)21-15/h2-8,19H,9H2,1H3. The van der Waals surface area contributed by atoms with E-state index in [1.54, 1.807) is 18.2 Å². The molecule has 1 heterocycles. The van der Waals surface area contributed by atoms with E-state index in [0.29, 0.717) is 16.4 Å². The Labute approximate surface area is 125 Å². The maximum Gasteiger partial charge on any atom is 0.230 e. The minimum absolute atomic E-state index is 0.100. The summed E-state index contributed by atoms with van der Waals surface area (Å²) in [7, 11) is 1.52. The van der Waals surface area contributed by atoms with Gasteiger partial charge in [-0.2, -0.15) is 5.11 Å². The molecule has 3 aromatic rings. The number of hydrogen-bond donors (Lipinski definition) is 1. The number of aromatic nitrogens is 1. The van der Waals surface area contributed by atoms with Gasteiger partial charge in [0.1, 0.15) is 0 Å². The van der Waals surface area contributed by atoms with Gasteiger partial charge in [0.2, 0.25) is 5.13 Å². The van der Waals surface area contributed by atoms with Crippen molar-refractivity contribution in [2.45, 2.75) is 6.54 Å². The largest absolute Gasteiger partial charge is 0.504 e. The molecule has 0 aliphatic heterocycles. The van der Waals surface area contributed by atoms with E-state index in [9.17, 15) is 5.11 Å². The topological polar surface area (TPSA) is 67.1 Å². The van der Waals surface area contributed by atoms with Crippen LogP contribution in [0.25, 0.3) is 10.2 Å². The number of benzene rings is 2. The van der Waals surface area contributed by atoms with Gasteiger partial charge in [0.15, 0.2) is 11.5 Å². The average Bonchev–Trinajstić information content (AvgIpc) is 2.91. The molecule has 0 atom stereocenters. The van der Waals surface area contributed by atoms with Crippen LogP contribution in [0.4, 0.5) is 5.13 Å². The highest BCUT2D eigenvalue weighted by Gasteiger charge is 2.06. The van der Waals surface area contributed by atoms with Crippen molar-refractivity contribution >= 4 is 26.7 Å². The second kappa shape index (κ2) is 5.88. The summed E-state index contributed by atoms with van der Waals surface area (Å²) in [6.45, 7) is 0.277. The van der Waals surface area contributed by atoms with Gasteiger partial charge in [0.25, 0.3) is 0 Å². The molecule has 0 amide bonds. The molecule has 0 bridgehead atoms. The molecule has 0 radical (unpaired) electrons. The SMILES string of the molecule is COc1cccc(CN=Nc2nc3ccccc3s2)c1O. The first-order valence-electron chi connectivity index (χ1n) is 6.36. The summed E-state index contributed by atoms with van der Waals surface area (Å²) < 4.78 is 6.14. The van der Waals surface area contributed by atoms with Crippen molar-refractivity contribution < 1.29 is 9.84 Å². The van der Waals surface area contributed by atoms with Gasteiger partial charge in [-0.15, -0.1) is 5.11 Å². The Hall–Kier alpha value is -2.47. The Morgan fingerprint density at radius 1 is 1.19 bits per heavy atom. The molecule has 0 unspecified atom stereocenters. The van der Waals surface area contributed by atoms with Crippen LogP contribution in [0.5, 0.6) is 11.5 Å². The van der Waals surface area contributed by atoms with Crippen LogP contribution in [-0.4, -0.2) is 17.2 Å². The third-order valence-corrected chi connectivity index (χ3v) is 3.90. The molecule has 1 N–H and O–H groups in total. The number of azo groups is 1.